The average molecular weight is 603 g/mol. The number of rotatable bonds is 12. The smallest absolute Gasteiger partial charge is 0.281 e. The van der Waals surface area contributed by atoms with E-state index in [1.165, 1.54) is 26.4 Å². The van der Waals surface area contributed by atoms with Crippen molar-refractivity contribution in [2.45, 2.75) is 55.2 Å². The third-order valence-corrected chi connectivity index (χ3v) is 9.40. The first kappa shape index (κ1) is 30.0. The lowest BCUT2D eigenvalue weighted by Gasteiger charge is -2.19. The summed E-state index contributed by atoms with van der Waals surface area (Å²) in [5.74, 6) is 0.502. The van der Waals surface area contributed by atoms with Gasteiger partial charge in [0.1, 0.15) is 23.0 Å². The molecule has 0 spiro atoms. The molecule has 1 aliphatic rings. The van der Waals surface area contributed by atoms with Crippen molar-refractivity contribution in [3.05, 3.63) is 88.5 Å². The minimum Gasteiger partial charge on any atom is -0.494 e. The maximum absolute atomic E-state index is 14.0. The molecule has 1 heterocycles. The van der Waals surface area contributed by atoms with Crippen LogP contribution in [0.2, 0.25) is 0 Å². The molecule has 0 atom stereocenters. The van der Waals surface area contributed by atoms with Gasteiger partial charge in [-0.2, -0.15) is 4.98 Å². The van der Waals surface area contributed by atoms with Crippen LogP contribution in [0.3, 0.4) is 0 Å². The number of para-hydroxylation sites is 1. The van der Waals surface area contributed by atoms with Crippen molar-refractivity contribution in [1.29, 1.82) is 0 Å². The molecule has 0 amide bonds. The molecular weight excluding hydrogens is 568 g/mol. The molecule has 5 rings (SSSR count). The molecule has 0 bridgehead atoms. The van der Waals surface area contributed by atoms with Crippen molar-refractivity contribution < 1.29 is 27.8 Å². The van der Waals surface area contributed by atoms with Gasteiger partial charge in [0.2, 0.25) is 15.7 Å². The van der Waals surface area contributed by atoms with Crippen molar-refractivity contribution in [3.8, 4) is 34.2 Å². The molecule has 3 aromatic carbocycles. The SMILES string of the molecule is CCCCc1nc(O)c(S(=O)(=O)c2ccc(-c3ccc(C(=O)CC4CC4)cc3)cc2)c(=O)n1-c1c(OC)cccc1OC. The summed E-state index contributed by atoms with van der Waals surface area (Å²) in [6.45, 7) is 1.97. The number of aromatic hydroxyl groups is 1. The van der Waals surface area contributed by atoms with Crippen LogP contribution in [0.4, 0.5) is 0 Å². The Morgan fingerprint density at radius 3 is 2.07 bits per heavy atom. The van der Waals surface area contributed by atoms with Crippen LogP contribution in [0.25, 0.3) is 16.8 Å². The monoisotopic (exact) mass is 602 g/mol. The molecule has 10 heteroatoms. The zero-order chi connectivity index (χ0) is 30.7. The van der Waals surface area contributed by atoms with E-state index in [4.69, 9.17) is 9.47 Å². The maximum atomic E-state index is 14.0. The summed E-state index contributed by atoms with van der Waals surface area (Å²) in [4.78, 5) is 29.6. The van der Waals surface area contributed by atoms with Crippen LogP contribution < -0.4 is 15.0 Å². The summed E-state index contributed by atoms with van der Waals surface area (Å²) in [5, 5.41) is 10.9. The van der Waals surface area contributed by atoms with Crippen molar-refractivity contribution in [2.75, 3.05) is 14.2 Å². The van der Waals surface area contributed by atoms with E-state index in [2.05, 4.69) is 4.98 Å². The minimum absolute atomic E-state index is 0.126. The lowest BCUT2D eigenvalue weighted by atomic mass is 10.0. The van der Waals surface area contributed by atoms with Gasteiger partial charge in [-0.15, -0.1) is 0 Å². The predicted molar refractivity (Wildman–Crippen MR) is 162 cm³/mol. The lowest BCUT2D eigenvalue weighted by molar-refractivity contribution is 0.0976. The second kappa shape index (κ2) is 12.4. The van der Waals surface area contributed by atoms with Crippen LogP contribution in [0.5, 0.6) is 17.4 Å². The van der Waals surface area contributed by atoms with Crippen molar-refractivity contribution in [1.82, 2.24) is 9.55 Å². The summed E-state index contributed by atoms with van der Waals surface area (Å²) in [6, 6.07) is 18.2. The highest BCUT2D eigenvalue weighted by Gasteiger charge is 2.31. The van der Waals surface area contributed by atoms with Gasteiger partial charge in [0.15, 0.2) is 10.7 Å². The van der Waals surface area contributed by atoms with Crippen LogP contribution in [0.1, 0.15) is 55.2 Å². The van der Waals surface area contributed by atoms with Crippen molar-refractivity contribution in [2.24, 2.45) is 5.92 Å². The van der Waals surface area contributed by atoms with Gasteiger partial charge in [-0.05, 0) is 60.6 Å². The first-order chi connectivity index (χ1) is 20.7. The van der Waals surface area contributed by atoms with Gasteiger partial charge in [-0.3, -0.25) is 14.2 Å². The number of Topliss-reactive ketones (excluding diaryl/α,β-unsaturated/α-hetero) is 1. The highest BCUT2D eigenvalue weighted by atomic mass is 32.2. The summed E-state index contributed by atoms with van der Waals surface area (Å²) in [6.07, 6.45) is 4.52. The quantitative estimate of drug-likeness (QED) is 0.202. The molecular formula is C33H34N2O7S. The van der Waals surface area contributed by atoms with E-state index in [0.29, 0.717) is 30.7 Å². The Morgan fingerprint density at radius 2 is 1.53 bits per heavy atom. The Hall–Kier alpha value is -4.44. The molecule has 1 saturated carbocycles. The largest absolute Gasteiger partial charge is 0.494 e. The summed E-state index contributed by atoms with van der Waals surface area (Å²) < 4.78 is 39.8. The maximum Gasteiger partial charge on any atom is 0.281 e. The van der Waals surface area contributed by atoms with E-state index in [1.807, 2.05) is 19.1 Å². The number of carbonyl (C=O) groups is 1. The number of aromatic nitrogens is 2. The fourth-order valence-electron chi connectivity index (χ4n) is 5.05. The van der Waals surface area contributed by atoms with Crippen LogP contribution >= 0.6 is 0 Å². The molecule has 4 aromatic rings. The van der Waals surface area contributed by atoms with E-state index in [0.717, 1.165) is 35.0 Å². The van der Waals surface area contributed by atoms with Gasteiger partial charge in [0.25, 0.3) is 5.56 Å². The number of methoxy groups -OCH3 is 2. The van der Waals surface area contributed by atoms with Gasteiger partial charge in [-0.1, -0.05) is 55.8 Å². The zero-order valence-corrected chi connectivity index (χ0v) is 25.2. The number of unbranched alkanes of at least 4 members (excludes halogenated alkanes) is 1. The number of ketones is 1. The topological polar surface area (TPSA) is 125 Å². The predicted octanol–water partition coefficient (Wildman–Crippen LogP) is 5.78. The molecule has 43 heavy (non-hydrogen) atoms. The first-order valence-electron chi connectivity index (χ1n) is 14.2. The number of aryl methyl sites for hydroxylation is 1. The standard InChI is InChI=1S/C33H34N2O7S/c1-4-5-9-29-34-32(37)31(33(38)35(29)30-27(41-2)7-6-8-28(30)42-3)43(39,40)25-18-16-23(17-19-25)22-12-14-24(15-13-22)26(36)20-21-10-11-21/h6-8,12-19,21,37H,4-5,9-11,20H2,1-3H3. The third-order valence-electron chi connectivity index (χ3n) is 7.62. The normalized spacial score (nSPS) is 13.1. The molecule has 0 radical (unpaired) electrons. The lowest BCUT2D eigenvalue weighted by Crippen LogP contribution is -2.29. The molecule has 1 aliphatic carbocycles. The van der Waals surface area contributed by atoms with Crippen LogP contribution in [-0.4, -0.2) is 43.1 Å². The van der Waals surface area contributed by atoms with Crippen LogP contribution in [0, 0.1) is 5.92 Å². The number of hydrogen-bond acceptors (Lipinski definition) is 8. The minimum atomic E-state index is -4.50. The van der Waals surface area contributed by atoms with E-state index >= 15 is 0 Å². The average Bonchev–Trinajstić information content (AvgIpc) is 3.83. The highest BCUT2D eigenvalue weighted by molar-refractivity contribution is 7.91. The van der Waals surface area contributed by atoms with Gasteiger partial charge < -0.3 is 14.6 Å². The Balaban J connectivity index is 1.55. The number of sulfone groups is 1. The Bertz CT molecular complexity index is 1790. The summed E-state index contributed by atoms with van der Waals surface area (Å²) in [7, 11) is -1.64. The molecule has 1 aromatic heterocycles. The highest BCUT2D eigenvalue weighted by Crippen LogP contribution is 2.35. The van der Waals surface area contributed by atoms with Gasteiger partial charge in [-0.25, -0.2) is 8.42 Å². The fourth-order valence-corrected chi connectivity index (χ4v) is 6.39. The summed E-state index contributed by atoms with van der Waals surface area (Å²) in [5.41, 5.74) is 1.43. The van der Waals surface area contributed by atoms with Crippen molar-refractivity contribution >= 4 is 15.6 Å². The number of ether oxygens (including phenoxy) is 2. The van der Waals surface area contributed by atoms with Crippen LogP contribution in [-0.2, 0) is 16.3 Å². The Morgan fingerprint density at radius 1 is 0.953 bits per heavy atom. The van der Waals surface area contributed by atoms with Gasteiger partial charge in [0, 0.05) is 18.4 Å². The molecule has 0 saturated heterocycles. The Kier molecular flexibility index (Phi) is 8.68. The van der Waals surface area contributed by atoms with Gasteiger partial charge >= 0.3 is 0 Å². The summed E-state index contributed by atoms with van der Waals surface area (Å²) >= 11 is 0. The number of nitrogens with zero attached hydrogens (tertiary/aromatic N) is 2. The molecule has 1 N–H and O–H groups in total. The zero-order valence-electron chi connectivity index (χ0n) is 24.4. The first-order valence-corrected chi connectivity index (χ1v) is 15.7. The van der Waals surface area contributed by atoms with E-state index in [-0.39, 0.29) is 33.7 Å². The molecule has 224 valence electrons. The number of hydrogen-bond donors (Lipinski definition) is 1. The van der Waals surface area contributed by atoms with Crippen LogP contribution in [0.15, 0.2) is 81.3 Å². The van der Waals surface area contributed by atoms with E-state index < -0.39 is 26.2 Å². The van der Waals surface area contributed by atoms with Crippen molar-refractivity contribution in [3.63, 3.8) is 0 Å². The Labute approximate surface area is 250 Å². The molecule has 1 fully saturated rings. The fraction of sp³-hybridized carbons (Fsp3) is 0.303. The van der Waals surface area contributed by atoms with E-state index in [1.54, 1.807) is 42.5 Å². The number of benzene rings is 3. The number of carbonyl (C=O) groups excluding carboxylic acids is 1. The molecule has 9 nitrogen and oxygen atoms in total. The second-order valence-electron chi connectivity index (χ2n) is 10.6. The third kappa shape index (κ3) is 6.06. The van der Waals surface area contributed by atoms with E-state index in [9.17, 15) is 23.1 Å². The molecule has 0 unspecified atom stereocenters. The molecule has 0 aliphatic heterocycles. The van der Waals surface area contributed by atoms with Gasteiger partial charge in [0.05, 0.1) is 19.1 Å². The second-order valence-corrected chi connectivity index (χ2v) is 12.5.